The van der Waals surface area contributed by atoms with Gasteiger partial charge in [-0.25, -0.2) is 14.4 Å². The van der Waals surface area contributed by atoms with Crippen LogP contribution in [-0.2, 0) is 9.47 Å². The third kappa shape index (κ3) is 4.69. The molecule has 0 atom stereocenters. The number of carbonyl (C=O) groups excluding carboxylic acids is 1. The third-order valence-electron chi connectivity index (χ3n) is 5.60. The van der Waals surface area contributed by atoms with E-state index in [1.54, 1.807) is 27.4 Å². The average Bonchev–Trinajstić information content (AvgIpc) is 3.45. The highest BCUT2D eigenvalue weighted by Crippen LogP contribution is 2.36. The van der Waals surface area contributed by atoms with Gasteiger partial charge in [-0.3, -0.25) is 0 Å². The molecule has 0 saturated heterocycles. The number of carbonyl (C=O) groups is 1. The van der Waals surface area contributed by atoms with Crippen LogP contribution in [0.2, 0.25) is 0 Å². The van der Waals surface area contributed by atoms with Gasteiger partial charge in [0.1, 0.15) is 17.1 Å². The van der Waals surface area contributed by atoms with Crippen LogP contribution in [-0.4, -0.2) is 48.3 Å². The Hall–Kier alpha value is -3.94. The van der Waals surface area contributed by atoms with Gasteiger partial charge >= 0.3 is 6.09 Å². The van der Waals surface area contributed by atoms with Gasteiger partial charge in [0.05, 0.1) is 38.3 Å². The predicted molar refractivity (Wildman–Crippen MR) is 137 cm³/mol. The van der Waals surface area contributed by atoms with Crippen molar-refractivity contribution < 1.29 is 23.7 Å². The molecule has 0 radical (unpaired) electrons. The van der Waals surface area contributed by atoms with Crippen molar-refractivity contribution in [1.82, 2.24) is 9.55 Å². The Balaban J connectivity index is 1.92. The molecule has 0 amide bonds. The summed E-state index contributed by atoms with van der Waals surface area (Å²) in [6, 6.07) is 7.55. The molecule has 0 spiro atoms. The minimum atomic E-state index is -0.680. The van der Waals surface area contributed by atoms with Crippen LogP contribution < -0.4 is 9.47 Å². The van der Waals surface area contributed by atoms with Gasteiger partial charge in [0.2, 0.25) is 0 Å². The van der Waals surface area contributed by atoms with Crippen LogP contribution in [0.3, 0.4) is 0 Å². The second-order valence-corrected chi connectivity index (χ2v) is 9.40. The van der Waals surface area contributed by atoms with Crippen molar-refractivity contribution in [3.05, 3.63) is 64.4 Å². The molecule has 35 heavy (non-hydrogen) atoms. The molecule has 1 aliphatic rings. The van der Waals surface area contributed by atoms with E-state index in [-0.39, 0.29) is 0 Å². The second-order valence-electron chi connectivity index (χ2n) is 9.40. The molecule has 3 heterocycles. The van der Waals surface area contributed by atoms with Gasteiger partial charge in [0.25, 0.3) is 0 Å². The molecule has 8 nitrogen and oxygen atoms in total. The lowest BCUT2D eigenvalue weighted by Crippen LogP contribution is -2.28. The number of methoxy groups -OCH3 is 3. The molecule has 4 rings (SSSR count). The molecular weight excluding hydrogens is 446 g/mol. The number of hydrogen-bond donors (Lipinski definition) is 1. The molecule has 0 unspecified atom stereocenters. The van der Waals surface area contributed by atoms with Gasteiger partial charge in [-0.1, -0.05) is 0 Å². The topological polar surface area (TPSA) is 87.1 Å². The number of fused-ring (bicyclic) bond motifs is 1. The number of H-pyrrole nitrogens is 1. The Bertz CT molecular complexity index is 1400. The first-order chi connectivity index (χ1) is 16.5. The maximum absolute atomic E-state index is 13.4. The summed E-state index contributed by atoms with van der Waals surface area (Å²) in [6.07, 6.45) is 3.25. The molecule has 184 valence electrons. The van der Waals surface area contributed by atoms with E-state index >= 15 is 0 Å². The van der Waals surface area contributed by atoms with Crippen LogP contribution in [0.4, 0.5) is 4.79 Å². The van der Waals surface area contributed by atoms with Crippen molar-refractivity contribution in [1.29, 1.82) is 0 Å². The monoisotopic (exact) mass is 477 g/mol. The van der Waals surface area contributed by atoms with E-state index < -0.39 is 11.7 Å². The molecule has 0 fully saturated rings. The van der Waals surface area contributed by atoms with Crippen LogP contribution in [0.5, 0.6) is 11.5 Å². The standard InChI is InChI=1S/C27H31N3O5/c1-15-9-16(2)28-18(15)12-20-23(32-6)13-19(29-20)22-10-17-11-24(33-7)25(34-8)14-21(17)30(22)26(31)35-27(3,4)5/h9-14,28H,1-8H3/b20-12-. The van der Waals surface area contributed by atoms with Crippen molar-refractivity contribution in [2.24, 2.45) is 4.99 Å². The number of aryl methyl sites for hydroxylation is 2. The van der Waals surface area contributed by atoms with Crippen molar-refractivity contribution in [3.63, 3.8) is 0 Å². The summed E-state index contributed by atoms with van der Waals surface area (Å²) in [5, 5.41) is 0.784. The molecule has 1 aliphatic heterocycles. The lowest BCUT2D eigenvalue weighted by Gasteiger charge is -2.21. The van der Waals surface area contributed by atoms with Crippen molar-refractivity contribution >= 4 is 28.8 Å². The number of nitrogens with zero attached hydrogens (tertiary/aromatic N) is 2. The van der Waals surface area contributed by atoms with E-state index in [4.69, 9.17) is 23.9 Å². The molecular formula is C27H31N3O5. The van der Waals surface area contributed by atoms with E-state index in [2.05, 4.69) is 11.1 Å². The zero-order chi connectivity index (χ0) is 25.5. The summed E-state index contributed by atoms with van der Waals surface area (Å²) in [5.41, 5.74) is 4.87. The van der Waals surface area contributed by atoms with E-state index in [0.29, 0.717) is 39.9 Å². The number of aromatic amines is 1. The molecule has 2 aromatic heterocycles. The van der Waals surface area contributed by atoms with Crippen molar-refractivity contribution in [2.45, 2.75) is 40.2 Å². The minimum Gasteiger partial charge on any atom is -0.494 e. The van der Waals surface area contributed by atoms with Gasteiger partial charge in [-0.15, -0.1) is 0 Å². The highest BCUT2D eigenvalue weighted by molar-refractivity contribution is 6.15. The fraction of sp³-hybridized carbons (Fsp3) is 0.333. The van der Waals surface area contributed by atoms with Gasteiger partial charge in [0, 0.05) is 28.9 Å². The summed E-state index contributed by atoms with van der Waals surface area (Å²) in [7, 11) is 4.73. The van der Waals surface area contributed by atoms with Crippen molar-refractivity contribution in [2.75, 3.05) is 21.3 Å². The zero-order valence-corrected chi connectivity index (χ0v) is 21.4. The maximum Gasteiger partial charge on any atom is 0.419 e. The molecule has 0 saturated carbocycles. The van der Waals surface area contributed by atoms with E-state index in [0.717, 1.165) is 22.3 Å². The quantitative estimate of drug-likeness (QED) is 0.505. The maximum atomic E-state index is 13.4. The lowest BCUT2D eigenvalue weighted by atomic mass is 10.2. The van der Waals surface area contributed by atoms with Crippen LogP contribution in [0.1, 0.15) is 43.4 Å². The smallest absolute Gasteiger partial charge is 0.419 e. The SMILES string of the molecule is COC1=CC(c2cc3cc(OC)c(OC)cc3n2C(=O)OC(C)(C)C)=N/C1=C\c1[nH]c(C)cc1C. The number of nitrogens with one attached hydrogen (secondary N) is 1. The Morgan fingerprint density at radius 1 is 1.00 bits per heavy atom. The largest absolute Gasteiger partial charge is 0.494 e. The molecule has 0 aliphatic carbocycles. The molecule has 1 aromatic carbocycles. The fourth-order valence-corrected chi connectivity index (χ4v) is 4.08. The number of hydrogen-bond acceptors (Lipinski definition) is 6. The van der Waals surface area contributed by atoms with Gasteiger partial charge in [0.15, 0.2) is 11.5 Å². The summed E-state index contributed by atoms with van der Waals surface area (Å²) >= 11 is 0. The van der Waals surface area contributed by atoms with E-state index in [9.17, 15) is 4.79 Å². The third-order valence-corrected chi connectivity index (χ3v) is 5.60. The summed E-state index contributed by atoms with van der Waals surface area (Å²) in [4.78, 5) is 21.5. The number of aromatic nitrogens is 2. The van der Waals surface area contributed by atoms with Crippen LogP contribution >= 0.6 is 0 Å². The first-order valence-electron chi connectivity index (χ1n) is 11.3. The Kier molecular flexibility index (Phi) is 6.23. The first-order valence-corrected chi connectivity index (χ1v) is 11.3. The second kappa shape index (κ2) is 9.02. The van der Waals surface area contributed by atoms with Gasteiger partial charge in [-0.2, -0.15) is 0 Å². The zero-order valence-electron chi connectivity index (χ0n) is 21.4. The normalized spacial score (nSPS) is 14.8. The summed E-state index contributed by atoms with van der Waals surface area (Å²) in [6.45, 7) is 9.53. The molecule has 1 N–H and O–H groups in total. The Morgan fingerprint density at radius 2 is 1.69 bits per heavy atom. The van der Waals surface area contributed by atoms with Gasteiger partial charge < -0.3 is 23.9 Å². The molecule has 0 bridgehead atoms. The van der Waals surface area contributed by atoms with E-state index in [1.165, 1.54) is 4.57 Å². The van der Waals surface area contributed by atoms with Crippen LogP contribution in [0, 0.1) is 13.8 Å². The highest BCUT2D eigenvalue weighted by atomic mass is 16.6. The molecule has 8 heteroatoms. The van der Waals surface area contributed by atoms with Gasteiger partial charge in [-0.05, 0) is 64.5 Å². The first kappa shape index (κ1) is 24.2. The fourth-order valence-electron chi connectivity index (χ4n) is 4.08. The van der Waals surface area contributed by atoms with Crippen LogP contribution in [0.25, 0.3) is 17.0 Å². The highest BCUT2D eigenvalue weighted by Gasteiger charge is 2.27. The van der Waals surface area contributed by atoms with Crippen molar-refractivity contribution in [3.8, 4) is 11.5 Å². The number of aliphatic imine (C=N–C) groups is 1. The number of allylic oxidation sites excluding steroid dienone is 1. The Labute approximate surface area is 204 Å². The van der Waals surface area contributed by atoms with E-state index in [1.807, 2.05) is 58.9 Å². The number of benzene rings is 1. The predicted octanol–water partition coefficient (Wildman–Crippen LogP) is 5.76. The lowest BCUT2D eigenvalue weighted by molar-refractivity contribution is 0.0544. The van der Waals surface area contributed by atoms with Crippen LogP contribution in [0.15, 0.2) is 46.8 Å². The number of rotatable bonds is 5. The summed E-state index contributed by atoms with van der Waals surface area (Å²) in [5.74, 6) is 1.67. The average molecular weight is 478 g/mol. The molecule has 3 aromatic rings. The minimum absolute atomic E-state index is 0.508. The Morgan fingerprint density at radius 3 is 2.26 bits per heavy atom. The summed E-state index contributed by atoms with van der Waals surface area (Å²) < 4.78 is 23.8. The number of ether oxygens (including phenoxy) is 4.